The number of hydrogen-bond donors (Lipinski definition) is 2. The zero-order valence-electron chi connectivity index (χ0n) is 10.9. The number of carbonyl (C=O) groups is 2. The molecule has 0 radical (unpaired) electrons. The Kier molecular flexibility index (Phi) is 4.57. The normalized spacial score (nSPS) is 15.3. The number of nitrogens with one attached hydrogen (secondary N) is 1. The van der Waals surface area contributed by atoms with E-state index < -0.39 is 0 Å². The van der Waals surface area contributed by atoms with Crippen LogP contribution in [-0.2, 0) is 11.3 Å². The molecule has 2 amide bonds. The number of hydrogen-bond acceptors (Lipinski definition) is 4. The van der Waals surface area contributed by atoms with Crippen molar-refractivity contribution < 1.29 is 14.0 Å². The van der Waals surface area contributed by atoms with E-state index in [2.05, 4.69) is 5.32 Å². The molecule has 2 heterocycles. The molecular weight excluding hydrogens is 246 g/mol. The highest BCUT2D eigenvalue weighted by Crippen LogP contribution is 2.09. The quantitative estimate of drug-likeness (QED) is 0.828. The molecule has 6 heteroatoms. The lowest BCUT2D eigenvalue weighted by molar-refractivity contribution is -0.130. The summed E-state index contributed by atoms with van der Waals surface area (Å²) < 4.78 is 5.21. The summed E-state index contributed by atoms with van der Waals surface area (Å²) >= 11 is 0. The number of nitrogens with two attached hydrogens (primary N) is 1. The first kappa shape index (κ1) is 13.6. The summed E-state index contributed by atoms with van der Waals surface area (Å²) in [6.45, 7) is 1.83. The molecule has 19 heavy (non-hydrogen) atoms. The van der Waals surface area contributed by atoms with Gasteiger partial charge in [-0.1, -0.05) is 0 Å². The van der Waals surface area contributed by atoms with Crippen LogP contribution in [0.3, 0.4) is 0 Å². The van der Waals surface area contributed by atoms with Gasteiger partial charge in [0.15, 0.2) is 5.76 Å². The van der Waals surface area contributed by atoms with E-state index in [0.29, 0.717) is 5.76 Å². The maximum absolute atomic E-state index is 11.9. The first-order chi connectivity index (χ1) is 9.20. The van der Waals surface area contributed by atoms with E-state index >= 15 is 0 Å². The molecule has 1 aromatic heterocycles. The molecular formula is C13H19N3O3. The van der Waals surface area contributed by atoms with E-state index in [4.69, 9.17) is 10.2 Å². The van der Waals surface area contributed by atoms with Gasteiger partial charge in [-0.15, -0.1) is 0 Å². The van der Waals surface area contributed by atoms with Crippen LogP contribution in [0.5, 0.6) is 0 Å². The summed E-state index contributed by atoms with van der Waals surface area (Å²) in [5, 5.41) is 2.57. The summed E-state index contributed by atoms with van der Waals surface area (Å²) in [6.07, 6.45) is 3.25. The number of rotatable bonds is 4. The number of nitrogens with zero attached hydrogens (tertiary/aromatic N) is 1. The SMILES string of the molecule is NCc1ccc(C(=O)NCC(=O)N2CCCCC2)o1. The topological polar surface area (TPSA) is 88.6 Å². The van der Waals surface area contributed by atoms with Crippen molar-refractivity contribution in [2.75, 3.05) is 19.6 Å². The molecule has 104 valence electrons. The third kappa shape index (κ3) is 3.57. The van der Waals surface area contributed by atoms with Crippen LogP contribution in [0.4, 0.5) is 0 Å². The van der Waals surface area contributed by atoms with Gasteiger partial charge >= 0.3 is 0 Å². The lowest BCUT2D eigenvalue weighted by atomic mass is 10.1. The Morgan fingerprint density at radius 2 is 2.00 bits per heavy atom. The number of furan rings is 1. The minimum Gasteiger partial charge on any atom is -0.455 e. The first-order valence-electron chi connectivity index (χ1n) is 6.55. The second-order valence-corrected chi connectivity index (χ2v) is 4.59. The largest absolute Gasteiger partial charge is 0.455 e. The van der Waals surface area contributed by atoms with Gasteiger partial charge in [0.25, 0.3) is 5.91 Å². The molecule has 0 saturated carbocycles. The minimum atomic E-state index is -0.384. The molecule has 1 aliphatic heterocycles. The molecule has 6 nitrogen and oxygen atoms in total. The second-order valence-electron chi connectivity index (χ2n) is 4.59. The maximum Gasteiger partial charge on any atom is 0.287 e. The zero-order chi connectivity index (χ0) is 13.7. The fourth-order valence-corrected chi connectivity index (χ4v) is 2.11. The minimum absolute atomic E-state index is 0.0114. The molecule has 0 bridgehead atoms. The third-order valence-corrected chi connectivity index (χ3v) is 3.20. The highest BCUT2D eigenvalue weighted by Gasteiger charge is 2.18. The first-order valence-corrected chi connectivity index (χ1v) is 6.55. The van der Waals surface area contributed by atoms with Crippen molar-refractivity contribution in [3.05, 3.63) is 23.7 Å². The van der Waals surface area contributed by atoms with Gasteiger partial charge in [-0.2, -0.15) is 0 Å². The van der Waals surface area contributed by atoms with Crippen LogP contribution in [0.1, 0.15) is 35.6 Å². The van der Waals surface area contributed by atoms with Crippen LogP contribution in [-0.4, -0.2) is 36.3 Å². The van der Waals surface area contributed by atoms with Gasteiger partial charge in [0.2, 0.25) is 5.91 Å². The zero-order valence-corrected chi connectivity index (χ0v) is 10.9. The lowest BCUT2D eigenvalue weighted by Gasteiger charge is -2.26. The smallest absolute Gasteiger partial charge is 0.287 e. The van der Waals surface area contributed by atoms with Crippen molar-refractivity contribution >= 4 is 11.8 Å². The van der Waals surface area contributed by atoms with Crippen LogP contribution in [0, 0.1) is 0 Å². The van der Waals surface area contributed by atoms with Crippen molar-refractivity contribution in [3.8, 4) is 0 Å². The molecule has 3 N–H and O–H groups in total. The lowest BCUT2D eigenvalue weighted by Crippen LogP contribution is -2.42. The van der Waals surface area contributed by atoms with Crippen molar-refractivity contribution in [3.63, 3.8) is 0 Å². The molecule has 1 aliphatic rings. The van der Waals surface area contributed by atoms with Gasteiger partial charge in [0.05, 0.1) is 13.1 Å². The highest BCUT2D eigenvalue weighted by atomic mass is 16.4. The van der Waals surface area contributed by atoms with Gasteiger partial charge in [-0.05, 0) is 31.4 Å². The Morgan fingerprint density at radius 3 is 2.63 bits per heavy atom. The summed E-state index contributed by atoms with van der Waals surface area (Å²) in [6, 6.07) is 3.21. The number of piperidine rings is 1. The van der Waals surface area contributed by atoms with Gasteiger partial charge in [-0.3, -0.25) is 9.59 Å². The average molecular weight is 265 g/mol. The summed E-state index contributed by atoms with van der Waals surface area (Å²) in [5.41, 5.74) is 5.40. The van der Waals surface area contributed by atoms with Gasteiger partial charge in [0, 0.05) is 13.1 Å². The van der Waals surface area contributed by atoms with E-state index in [-0.39, 0.29) is 30.7 Å². The monoisotopic (exact) mass is 265 g/mol. The van der Waals surface area contributed by atoms with Crippen LogP contribution in [0.15, 0.2) is 16.5 Å². The van der Waals surface area contributed by atoms with E-state index in [1.54, 1.807) is 17.0 Å². The highest BCUT2D eigenvalue weighted by molar-refractivity contribution is 5.94. The molecule has 0 aliphatic carbocycles. The standard InChI is InChI=1S/C13H19N3O3/c14-8-10-4-5-11(19-10)13(18)15-9-12(17)16-6-2-1-3-7-16/h4-5H,1-3,6-9,14H2,(H,15,18). The van der Waals surface area contributed by atoms with E-state index in [1.807, 2.05) is 0 Å². The number of carbonyl (C=O) groups excluding carboxylic acids is 2. The molecule has 0 aromatic carbocycles. The molecule has 2 rings (SSSR count). The molecule has 1 saturated heterocycles. The average Bonchev–Trinajstić information content (AvgIpc) is 2.94. The third-order valence-electron chi connectivity index (χ3n) is 3.20. The van der Waals surface area contributed by atoms with Crippen molar-refractivity contribution in [1.29, 1.82) is 0 Å². The predicted molar refractivity (Wildman–Crippen MR) is 69.4 cm³/mol. The number of likely N-dealkylation sites (tertiary alicyclic amines) is 1. The Balaban J connectivity index is 1.80. The molecule has 0 unspecified atom stereocenters. The van der Waals surface area contributed by atoms with Crippen LogP contribution in [0.2, 0.25) is 0 Å². The van der Waals surface area contributed by atoms with Crippen molar-refractivity contribution in [2.24, 2.45) is 5.73 Å². The van der Waals surface area contributed by atoms with Crippen molar-refractivity contribution in [1.82, 2.24) is 10.2 Å². The van der Waals surface area contributed by atoms with Crippen molar-refractivity contribution in [2.45, 2.75) is 25.8 Å². The summed E-state index contributed by atoms with van der Waals surface area (Å²) in [7, 11) is 0. The van der Waals surface area contributed by atoms with Crippen LogP contribution < -0.4 is 11.1 Å². The Labute approximate surface area is 111 Å². The summed E-state index contributed by atoms with van der Waals surface area (Å²) in [5.74, 6) is 0.308. The second kappa shape index (κ2) is 6.38. The number of amides is 2. The molecule has 1 fully saturated rings. The fraction of sp³-hybridized carbons (Fsp3) is 0.538. The van der Waals surface area contributed by atoms with Gasteiger partial charge in [-0.25, -0.2) is 0 Å². The van der Waals surface area contributed by atoms with E-state index in [9.17, 15) is 9.59 Å². The molecule has 0 spiro atoms. The van der Waals surface area contributed by atoms with E-state index in [0.717, 1.165) is 25.9 Å². The van der Waals surface area contributed by atoms with Gasteiger partial charge < -0.3 is 20.4 Å². The molecule has 0 atom stereocenters. The Morgan fingerprint density at radius 1 is 1.26 bits per heavy atom. The maximum atomic E-state index is 11.9. The van der Waals surface area contributed by atoms with Crippen LogP contribution in [0.25, 0.3) is 0 Å². The fourth-order valence-electron chi connectivity index (χ4n) is 2.11. The Bertz CT molecular complexity index is 450. The molecule has 1 aromatic rings. The van der Waals surface area contributed by atoms with E-state index in [1.165, 1.54) is 6.42 Å². The Hall–Kier alpha value is -1.82. The predicted octanol–water partition coefficient (Wildman–Crippen LogP) is 0.481. The summed E-state index contributed by atoms with van der Waals surface area (Å²) in [4.78, 5) is 25.4. The van der Waals surface area contributed by atoms with Crippen LogP contribution >= 0.6 is 0 Å². The van der Waals surface area contributed by atoms with Gasteiger partial charge in [0.1, 0.15) is 5.76 Å².